The quantitative estimate of drug-likeness (QED) is 0.377. The molecular formula is C25H45N3O. The largest absolute Gasteiger partial charge is 0.340 e. The predicted molar refractivity (Wildman–Crippen MR) is 122 cm³/mol. The third kappa shape index (κ3) is 5.64. The summed E-state index contributed by atoms with van der Waals surface area (Å²) in [6, 6.07) is 0. The molecule has 1 amide bonds. The molecule has 0 spiro atoms. The highest BCUT2D eigenvalue weighted by molar-refractivity contribution is 5.76. The molecule has 0 aromatic carbocycles. The van der Waals surface area contributed by atoms with Crippen LogP contribution in [0.5, 0.6) is 0 Å². The van der Waals surface area contributed by atoms with Crippen molar-refractivity contribution in [2.24, 2.45) is 17.3 Å². The predicted octanol–water partition coefficient (Wildman–Crippen LogP) is 4.42. The van der Waals surface area contributed by atoms with Crippen LogP contribution in [0.4, 0.5) is 0 Å². The fourth-order valence-electron chi connectivity index (χ4n) is 5.63. The summed E-state index contributed by atoms with van der Waals surface area (Å²) in [6.45, 7) is 18.0. The Hall–Kier alpha value is -0.870. The second-order valence-corrected chi connectivity index (χ2v) is 10.2. The van der Waals surface area contributed by atoms with Gasteiger partial charge >= 0.3 is 0 Å². The number of allylic oxidation sites excluding steroid dienone is 1. The van der Waals surface area contributed by atoms with Crippen molar-refractivity contribution in [2.45, 2.75) is 72.6 Å². The van der Waals surface area contributed by atoms with Gasteiger partial charge in [-0.05, 0) is 43.1 Å². The van der Waals surface area contributed by atoms with Gasteiger partial charge in [-0.1, -0.05) is 58.6 Å². The van der Waals surface area contributed by atoms with Crippen LogP contribution in [0.25, 0.3) is 0 Å². The first kappa shape index (κ1) is 22.8. The standard InChI is InChI=1S/C25H45N3O/c1-5-7-8-9-10-24(29)28-17-15-27(16-18-28)14-13-26(6-2)20-21-11-12-22-19-23(21)25(22,3)4/h11,22-23H,5-10,12-20H2,1-4H3. The summed E-state index contributed by atoms with van der Waals surface area (Å²) in [4.78, 5) is 19.7. The molecule has 2 unspecified atom stereocenters. The van der Waals surface area contributed by atoms with Gasteiger partial charge in [0.25, 0.3) is 0 Å². The number of rotatable bonds is 11. The maximum absolute atomic E-state index is 12.4. The van der Waals surface area contributed by atoms with Crippen molar-refractivity contribution >= 4 is 5.91 Å². The fourth-order valence-corrected chi connectivity index (χ4v) is 5.63. The summed E-state index contributed by atoms with van der Waals surface area (Å²) >= 11 is 0. The highest BCUT2D eigenvalue weighted by Crippen LogP contribution is 2.59. The van der Waals surface area contributed by atoms with E-state index in [1.54, 1.807) is 5.57 Å². The Bertz CT molecular complexity index is 562. The van der Waals surface area contributed by atoms with Crippen molar-refractivity contribution in [3.05, 3.63) is 11.6 Å². The minimum atomic E-state index is 0.376. The number of hydrogen-bond acceptors (Lipinski definition) is 3. The Morgan fingerprint density at radius 1 is 1.14 bits per heavy atom. The Balaban J connectivity index is 1.35. The number of carbonyl (C=O) groups is 1. The molecule has 1 heterocycles. The molecule has 1 saturated carbocycles. The molecular weight excluding hydrogens is 358 g/mol. The molecule has 4 heteroatoms. The van der Waals surface area contributed by atoms with Gasteiger partial charge in [0, 0.05) is 52.2 Å². The van der Waals surface area contributed by atoms with E-state index >= 15 is 0 Å². The molecule has 0 N–H and O–H groups in total. The highest BCUT2D eigenvalue weighted by atomic mass is 16.2. The molecule has 0 aromatic rings. The maximum Gasteiger partial charge on any atom is 0.222 e. The van der Waals surface area contributed by atoms with E-state index in [1.165, 1.54) is 32.1 Å². The van der Waals surface area contributed by atoms with E-state index in [4.69, 9.17) is 0 Å². The Morgan fingerprint density at radius 3 is 2.52 bits per heavy atom. The average molecular weight is 404 g/mol. The SMILES string of the molecule is CCCCCCC(=O)N1CCN(CCN(CC)CC2=CCC3CC2C3(C)C)CC1. The van der Waals surface area contributed by atoms with Crippen molar-refractivity contribution in [1.82, 2.24) is 14.7 Å². The lowest BCUT2D eigenvalue weighted by Crippen LogP contribution is -2.51. The molecule has 0 aromatic heterocycles. The van der Waals surface area contributed by atoms with Gasteiger partial charge < -0.3 is 4.90 Å². The van der Waals surface area contributed by atoms with Crippen molar-refractivity contribution in [1.29, 1.82) is 0 Å². The minimum absolute atomic E-state index is 0.376. The molecule has 0 radical (unpaired) electrons. The van der Waals surface area contributed by atoms with Crippen LogP contribution in [0, 0.1) is 17.3 Å². The molecule has 2 bridgehead atoms. The van der Waals surface area contributed by atoms with Crippen LogP contribution in [0.1, 0.15) is 72.6 Å². The maximum atomic E-state index is 12.4. The summed E-state index contributed by atoms with van der Waals surface area (Å²) in [6.07, 6.45) is 10.8. The van der Waals surface area contributed by atoms with Crippen LogP contribution in [-0.2, 0) is 4.79 Å². The van der Waals surface area contributed by atoms with Gasteiger partial charge in [-0.3, -0.25) is 14.6 Å². The summed E-state index contributed by atoms with van der Waals surface area (Å²) in [5.41, 5.74) is 2.24. The number of unbranched alkanes of at least 4 members (excludes halogenated alkanes) is 3. The summed E-state index contributed by atoms with van der Waals surface area (Å²) in [7, 11) is 0. The second-order valence-electron chi connectivity index (χ2n) is 10.2. The normalized spacial score (nSPS) is 26.4. The second kappa shape index (κ2) is 10.4. The number of fused-ring (bicyclic) bond motifs is 1. The van der Waals surface area contributed by atoms with Crippen LogP contribution in [-0.4, -0.2) is 73.0 Å². The zero-order valence-corrected chi connectivity index (χ0v) is 19.6. The highest BCUT2D eigenvalue weighted by Gasteiger charge is 2.51. The van der Waals surface area contributed by atoms with Crippen LogP contribution >= 0.6 is 0 Å². The number of nitrogens with zero attached hydrogens (tertiary/aromatic N) is 3. The van der Waals surface area contributed by atoms with Crippen LogP contribution in [0.3, 0.4) is 0 Å². The van der Waals surface area contributed by atoms with Gasteiger partial charge in [-0.2, -0.15) is 0 Å². The number of likely N-dealkylation sites (N-methyl/N-ethyl adjacent to an activating group) is 1. The molecule has 29 heavy (non-hydrogen) atoms. The zero-order valence-electron chi connectivity index (χ0n) is 19.6. The van der Waals surface area contributed by atoms with E-state index in [-0.39, 0.29) is 0 Å². The van der Waals surface area contributed by atoms with Gasteiger partial charge in [-0.25, -0.2) is 0 Å². The average Bonchev–Trinajstić information content (AvgIpc) is 2.74. The van der Waals surface area contributed by atoms with Gasteiger partial charge in [-0.15, -0.1) is 0 Å². The molecule has 3 aliphatic carbocycles. The van der Waals surface area contributed by atoms with Gasteiger partial charge in [0.1, 0.15) is 0 Å². The van der Waals surface area contributed by atoms with Gasteiger partial charge in [0.2, 0.25) is 5.91 Å². The Kier molecular flexibility index (Phi) is 8.21. The molecule has 2 atom stereocenters. The van der Waals surface area contributed by atoms with Crippen molar-refractivity contribution in [2.75, 3.05) is 52.4 Å². The smallest absolute Gasteiger partial charge is 0.222 e. The van der Waals surface area contributed by atoms with Crippen molar-refractivity contribution in [3.8, 4) is 0 Å². The van der Waals surface area contributed by atoms with E-state index in [2.05, 4.69) is 48.5 Å². The molecule has 166 valence electrons. The van der Waals surface area contributed by atoms with E-state index in [0.29, 0.717) is 11.3 Å². The minimum Gasteiger partial charge on any atom is -0.340 e. The van der Waals surface area contributed by atoms with Gasteiger partial charge in [0.15, 0.2) is 0 Å². The molecule has 2 fully saturated rings. The number of amides is 1. The summed E-state index contributed by atoms with van der Waals surface area (Å²) in [5, 5.41) is 0. The molecule has 4 rings (SSSR count). The first-order valence-corrected chi connectivity index (χ1v) is 12.4. The van der Waals surface area contributed by atoms with Gasteiger partial charge in [0.05, 0.1) is 0 Å². The molecule has 4 nitrogen and oxygen atoms in total. The lowest BCUT2D eigenvalue weighted by Gasteiger charge is -2.57. The number of piperazine rings is 1. The zero-order chi connectivity index (χ0) is 20.9. The van der Waals surface area contributed by atoms with E-state index in [9.17, 15) is 4.79 Å². The lowest BCUT2D eigenvalue weighted by molar-refractivity contribution is -0.133. The number of carbonyl (C=O) groups excluding carboxylic acids is 1. The lowest BCUT2D eigenvalue weighted by atomic mass is 9.49. The van der Waals surface area contributed by atoms with Crippen LogP contribution in [0.2, 0.25) is 0 Å². The van der Waals surface area contributed by atoms with E-state index in [0.717, 1.165) is 77.0 Å². The summed E-state index contributed by atoms with van der Waals surface area (Å²) in [5.74, 6) is 2.13. The molecule has 1 saturated heterocycles. The number of hydrogen-bond donors (Lipinski definition) is 0. The monoisotopic (exact) mass is 403 g/mol. The van der Waals surface area contributed by atoms with E-state index in [1.807, 2.05) is 0 Å². The van der Waals surface area contributed by atoms with Crippen LogP contribution in [0.15, 0.2) is 11.6 Å². The van der Waals surface area contributed by atoms with E-state index < -0.39 is 0 Å². The summed E-state index contributed by atoms with van der Waals surface area (Å²) < 4.78 is 0. The topological polar surface area (TPSA) is 26.8 Å². The third-order valence-electron chi connectivity index (χ3n) is 8.14. The van der Waals surface area contributed by atoms with Crippen molar-refractivity contribution in [3.63, 3.8) is 0 Å². The molecule has 4 aliphatic rings. The Morgan fingerprint density at radius 2 is 1.90 bits per heavy atom. The van der Waals surface area contributed by atoms with Crippen LogP contribution < -0.4 is 0 Å². The fraction of sp³-hybridized carbons (Fsp3) is 0.880. The first-order chi connectivity index (χ1) is 14.0. The van der Waals surface area contributed by atoms with Crippen molar-refractivity contribution < 1.29 is 4.79 Å². The molecule has 1 aliphatic heterocycles. The Labute approximate surface area is 179 Å². The third-order valence-corrected chi connectivity index (χ3v) is 8.14. The first-order valence-electron chi connectivity index (χ1n) is 12.4.